The topological polar surface area (TPSA) is 68.9 Å². The summed E-state index contributed by atoms with van der Waals surface area (Å²) >= 11 is 0. The summed E-state index contributed by atoms with van der Waals surface area (Å²) in [5.41, 5.74) is 3.80. The first kappa shape index (κ1) is 22.5. The van der Waals surface area contributed by atoms with Crippen molar-refractivity contribution in [3.05, 3.63) is 106 Å². The van der Waals surface area contributed by atoms with Gasteiger partial charge in [-0.2, -0.15) is 5.10 Å². The highest BCUT2D eigenvalue weighted by atomic mass is 19.1. The predicted molar refractivity (Wildman–Crippen MR) is 131 cm³/mol. The smallest absolute Gasteiger partial charge is 0.278 e. The highest BCUT2D eigenvalue weighted by molar-refractivity contribution is 5.94. The van der Waals surface area contributed by atoms with E-state index in [0.29, 0.717) is 22.2 Å². The summed E-state index contributed by atoms with van der Waals surface area (Å²) in [6.07, 6.45) is 1.58. The van der Waals surface area contributed by atoms with Gasteiger partial charge in [0.25, 0.3) is 5.56 Å². The molecular weight excluding hydrogens is 450 g/mol. The molecule has 3 aromatic rings. The number of nitrogens with zero attached hydrogens (tertiary/aromatic N) is 3. The van der Waals surface area contributed by atoms with Gasteiger partial charge in [0.05, 0.1) is 17.6 Å². The average Bonchev–Trinajstić information content (AvgIpc) is 3.13. The lowest BCUT2D eigenvalue weighted by Crippen LogP contribution is -2.26. The molecule has 0 fully saturated rings. The average molecular weight is 472 g/mol. The van der Waals surface area contributed by atoms with Gasteiger partial charge in [0.1, 0.15) is 23.9 Å². The van der Waals surface area contributed by atoms with E-state index in [1.807, 2.05) is 26.0 Å². The van der Waals surface area contributed by atoms with Gasteiger partial charge < -0.3 is 9.88 Å². The first-order valence-electron chi connectivity index (χ1n) is 11.1. The van der Waals surface area contributed by atoms with Crippen molar-refractivity contribution in [3.8, 4) is 11.3 Å². The van der Waals surface area contributed by atoms with Gasteiger partial charge in [-0.3, -0.25) is 9.59 Å². The third-order valence-electron chi connectivity index (χ3n) is 6.13. The van der Waals surface area contributed by atoms with Crippen molar-refractivity contribution < 1.29 is 13.6 Å². The zero-order valence-corrected chi connectivity index (χ0v) is 19.2. The molecule has 5 rings (SSSR count). The highest BCUT2D eigenvalue weighted by Gasteiger charge is 2.22. The molecule has 0 saturated carbocycles. The molecule has 35 heavy (non-hydrogen) atoms. The molecule has 0 saturated heterocycles. The number of aromatic nitrogens is 3. The second-order valence-corrected chi connectivity index (χ2v) is 8.58. The van der Waals surface area contributed by atoms with Gasteiger partial charge in [-0.15, -0.1) is 0 Å². The summed E-state index contributed by atoms with van der Waals surface area (Å²) in [7, 11) is 0. The molecule has 2 heterocycles. The molecule has 0 bridgehead atoms. The summed E-state index contributed by atoms with van der Waals surface area (Å²) in [4.78, 5) is 25.8. The summed E-state index contributed by atoms with van der Waals surface area (Å²) in [6.45, 7) is 3.76. The number of halogens is 2. The third-order valence-corrected chi connectivity index (χ3v) is 6.13. The van der Waals surface area contributed by atoms with E-state index in [4.69, 9.17) is 0 Å². The van der Waals surface area contributed by atoms with Crippen LogP contribution in [0.3, 0.4) is 0 Å². The van der Waals surface area contributed by atoms with Gasteiger partial charge in [0.2, 0.25) is 5.91 Å². The lowest BCUT2D eigenvalue weighted by molar-refractivity contribution is -0.116. The minimum absolute atomic E-state index is 0.141. The molecule has 176 valence electrons. The van der Waals surface area contributed by atoms with Crippen LogP contribution in [0.15, 0.2) is 71.7 Å². The van der Waals surface area contributed by atoms with Crippen LogP contribution in [-0.4, -0.2) is 20.3 Å². The second kappa shape index (κ2) is 8.79. The molecule has 0 spiro atoms. The zero-order chi connectivity index (χ0) is 24.7. The summed E-state index contributed by atoms with van der Waals surface area (Å²) < 4.78 is 31.2. The van der Waals surface area contributed by atoms with Crippen LogP contribution in [0, 0.1) is 25.5 Å². The molecule has 1 N–H and O–H groups in total. The van der Waals surface area contributed by atoms with Gasteiger partial charge in [0.15, 0.2) is 0 Å². The Labute approximate surface area is 199 Å². The number of carbonyl (C=O) groups is 1. The number of amides is 1. The maximum atomic E-state index is 14.3. The lowest BCUT2D eigenvalue weighted by Gasteiger charge is -2.14. The van der Waals surface area contributed by atoms with Crippen LogP contribution in [-0.2, 0) is 17.9 Å². The SMILES string of the molecule is Cc1ccc(NC(=O)Cn2nc3c4cc(F)ccc4n(Cc4ccccc4F)cc-3c2=O)cc1C. The van der Waals surface area contributed by atoms with E-state index >= 15 is 0 Å². The Hall–Kier alpha value is -4.33. The Morgan fingerprint density at radius 1 is 1.00 bits per heavy atom. The van der Waals surface area contributed by atoms with Gasteiger partial charge in [-0.1, -0.05) is 24.3 Å². The van der Waals surface area contributed by atoms with E-state index in [1.165, 1.54) is 18.2 Å². The standard InChI is InChI=1S/C27H22F2N4O2/c1-16-7-9-20(11-17(16)2)30-25(34)15-33-27(35)22-14-32(13-18-5-3-4-6-23(18)29)24-10-8-19(28)12-21(24)26(22)31-33/h3-12,14H,13,15H2,1-2H3,(H,30,34). The van der Waals surface area contributed by atoms with Gasteiger partial charge in [0, 0.05) is 22.8 Å². The van der Waals surface area contributed by atoms with Crippen molar-refractivity contribution in [3.63, 3.8) is 0 Å². The van der Waals surface area contributed by atoms with E-state index in [1.54, 1.807) is 41.1 Å². The van der Waals surface area contributed by atoms with Crippen LogP contribution in [0.4, 0.5) is 14.5 Å². The van der Waals surface area contributed by atoms with E-state index in [0.717, 1.165) is 15.8 Å². The summed E-state index contributed by atoms with van der Waals surface area (Å²) in [6, 6.07) is 16.1. The molecule has 2 aliphatic heterocycles. The van der Waals surface area contributed by atoms with Crippen molar-refractivity contribution in [2.24, 2.45) is 0 Å². The van der Waals surface area contributed by atoms with Crippen LogP contribution < -0.4 is 10.9 Å². The third kappa shape index (κ3) is 4.30. The van der Waals surface area contributed by atoms with Crippen molar-refractivity contribution in [1.82, 2.24) is 14.3 Å². The first-order chi connectivity index (χ1) is 16.8. The quantitative estimate of drug-likeness (QED) is 0.396. The fourth-order valence-corrected chi connectivity index (χ4v) is 4.15. The van der Waals surface area contributed by atoms with Gasteiger partial charge in [-0.05, 0) is 61.4 Å². The van der Waals surface area contributed by atoms with Gasteiger partial charge in [-0.25, -0.2) is 13.5 Å². The fraction of sp³-hybridized carbons (Fsp3) is 0.148. The molecule has 0 unspecified atom stereocenters. The number of hydrogen-bond donors (Lipinski definition) is 1. The van der Waals surface area contributed by atoms with E-state index in [-0.39, 0.29) is 30.2 Å². The van der Waals surface area contributed by atoms with E-state index in [2.05, 4.69) is 10.4 Å². The Balaban J connectivity index is 1.55. The minimum atomic E-state index is -0.489. The predicted octanol–water partition coefficient (Wildman–Crippen LogP) is 4.88. The van der Waals surface area contributed by atoms with Crippen LogP contribution in [0.1, 0.15) is 16.7 Å². The van der Waals surface area contributed by atoms with Crippen LogP contribution in [0.25, 0.3) is 22.2 Å². The lowest BCUT2D eigenvalue weighted by atomic mass is 10.1. The maximum Gasteiger partial charge on any atom is 0.278 e. The number of hydrogen-bond acceptors (Lipinski definition) is 3. The molecule has 6 nitrogen and oxygen atoms in total. The molecule has 0 radical (unpaired) electrons. The number of nitrogens with one attached hydrogen (secondary N) is 1. The number of fused-ring (bicyclic) bond motifs is 3. The molecule has 8 heteroatoms. The molecule has 2 aliphatic rings. The van der Waals surface area contributed by atoms with Crippen molar-refractivity contribution in [1.29, 1.82) is 0 Å². The van der Waals surface area contributed by atoms with Crippen LogP contribution in [0.5, 0.6) is 0 Å². The summed E-state index contributed by atoms with van der Waals surface area (Å²) in [5, 5.41) is 7.54. The zero-order valence-electron chi connectivity index (χ0n) is 19.2. The van der Waals surface area contributed by atoms with Crippen molar-refractivity contribution >= 4 is 22.5 Å². The first-order valence-corrected chi connectivity index (χ1v) is 11.1. The molecule has 0 aromatic heterocycles. The molecule has 1 amide bonds. The van der Waals surface area contributed by atoms with Crippen molar-refractivity contribution in [2.75, 3.05) is 5.32 Å². The van der Waals surface area contributed by atoms with E-state index < -0.39 is 17.3 Å². The molecular formula is C27H22F2N4O2. The Morgan fingerprint density at radius 3 is 2.57 bits per heavy atom. The van der Waals surface area contributed by atoms with Crippen LogP contribution >= 0.6 is 0 Å². The number of rotatable bonds is 5. The largest absolute Gasteiger partial charge is 0.342 e. The number of anilines is 1. The number of pyridine rings is 1. The molecule has 0 atom stereocenters. The Bertz CT molecular complexity index is 1620. The normalized spacial score (nSPS) is 11.3. The fourth-order valence-electron chi connectivity index (χ4n) is 4.15. The maximum absolute atomic E-state index is 14.3. The van der Waals surface area contributed by atoms with Crippen LogP contribution in [0.2, 0.25) is 0 Å². The number of carbonyl (C=O) groups excluding carboxylic acids is 1. The number of aryl methyl sites for hydroxylation is 2. The highest BCUT2D eigenvalue weighted by Crippen LogP contribution is 2.29. The molecule has 3 aromatic carbocycles. The van der Waals surface area contributed by atoms with E-state index in [9.17, 15) is 18.4 Å². The van der Waals surface area contributed by atoms with Gasteiger partial charge >= 0.3 is 0 Å². The Kier molecular flexibility index (Phi) is 5.64. The Morgan fingerprint density at radius 2 is 1.80 bits per heavy atom. The number of benzene rings is 3. The second-order valence-electron chi connectivity index (χ2n) is 8.58. The monoisotopic (exact) mass is 472 g/mol. The summed E-state index contributed by atoms with van der Waals surface area (Å²) in [5.74, 6) is -1.28. The van der Waals surface area contributed by atoms with Crippen molar-refractivity contribution in [2.45, 2.75) is 26.9 Å². The molecule has 0 aliphatic carbocycles. The minimum Gasteiger partial charge on any atom is -0.342 e.